The fourth-order valence-corrected chi connectivity index (χ4v) is 0.440. The van der Waals surface area contributed by atoms with Crippen LogP contribution in [0.25, 0.3) is 0 Å². The highest BCUT2D eigenvalue weighted by Crippen LogP contribution is 1.83. The normalized spacial score (nSPS) is 9.50. The number of hydrogen-bond donors (Lipinski definition) is 1. The minimum absolute atomic E-state index is 0.0408. The van der Waals surface area contributed by atoms with Gasteiger partial charge in [0.25, 0.3) is 5.91 Å². The van der Waals surface area contributed by atoms with E-state index in [2.05, 4.69) is 0 Å². The predicted octanol–water partition coefficient (Wildman–Crippen LogP) is 0.261. The third-order valence-electron chi connectivity index (χ3n) is 1.02. The van der Waals surface area contributed by atoms with Gasteiger partial charge in [0, 0.05) is 13.2 Å². The Balaban J connectivity index is 3.42. The zero-order valence-corrected chi connectivity index (χ0v) is 6.33. The van der Waals surface area contributed by atoms with Gasteiger partial charge >= 0.3 is 0 Å². The van der Waals surface area contributed by atoms with E-state index < -0.39 is 5.91 Å². The molecule has 4 nitrogen and oxygen atoms in total. The molecule has 0 spiro atoms. The molecule has 0 heterocycles. The van der Waals surface area contributed by atoms with Gasteiger partial charge < -0.3 is 4.74 Å². The minimum Gasteiger partial charge on any atom is -0.372 e. The van der Waals surface area contributed by atoms with Crippen LogP contribution in [-0.4, -0.2) is 35.9 Å². The topological polar surface area (TPSA) is 49.8 Å². The van der Waals surface area contributed by atoms with E-state index in [1.807, 2.05) is 0 Å². The van der Waals surface area contributed by atoms with E-state index in [0.29, 0.717) is 18.2 Å². The largest absolute Gasteiger partial charge is 0.372 e. The fraction of sp³-hybridized carbons (Fsp3) is 0.833. The number of carbonyl (C=O) groups is 1. The van der Waals surface area contributed by atoms with Gasteiger partial charge in [-0.15, -0.1) is 0 Å². The first-order valence-electron chi connectivity index (χ1n) is 3.29. The molecule has 0 saturated heterocycles. The molecule has 0 radical (unpaired) electrons. The molecule has 10 heavy (non-hydrogen) atoms. The van der Waals surface area contributed by atoms with Crippen molar-refractivity contribution in [3.63, 3.8) is 0 Å². The number of amides is 1. The first-order chi connectivity index (χ1) is 4.72. The lowest BCUT2D eigenvalue weighted by Crippen LogP contribution is -2.30. The Labute approximate surface area is 60.3 Å². The van der Waals surface area contributed by atoms with Gasteiger partial charge in [0.1, 0.15) is 6.61 Å². The van der Waals surface area contributed by atoms with Crippen LogP contribution in [0.3, 0.4) is 0 Å². The molecular formula is C6H13NO3. The molecule has 4 heteroatoms. The van der Waals surface area contributed by atoms with Crippen LogP contribution in [0.4, 0.5) is 0 Å². The first-order valence-corrected chi connectivity index (χ1v) is 3.29. The highest BCUT2D eigenvalue weighted by molar-refractivity contribution is 5.76. The van der Waals surface area contributed by atoms with Crippen LogP contribution < -0.4 is 0 Å². The van der Waals surface area contributed by atoms with Crippen molar-refractivity contribution in [3.05, 3.63) is 0 Å². The van der Waals surface area contributed by atoms with E-state index in [1.54, 1.807) is 13.8 Å². The number of hydrogen-bond acceptors (Lipinski definition) is 3. The molecule has 0 aliphatic carbocycles. The maximum absolute atomic E-state index is 10.7. The van der Waals surface area contributed by atoms with Crippen LogP contribution in [0.5, 0.6) is 0 Å². The molecule has 0 aliphatic rings. The smallest absolute Gasteiger partial charge is 0.271 e. The van der Waals surface area contributed by atoms with E-state index in [4.69, 9.17) is 9.94 Å². The zero-order chi connectivity index (χ0) is 7.98. The maximum atomic E-state index is 10.7. The van der Waals surface area contributed by atoms with Gasteiger partial charge in [0.05, 0.1) is 0 Å². The van der Waals surface area contributed by atoms with Gasteiger partial charge in [-0.2, -0.15) is 0 Å². The average Bonchev–Trinajstić information content (AvgIpc) is 1.98. The summed E-state index contributed by atoms with van der Waals surface area (Å²) in [6.45, 7) is 4.22. The van der Waals surface area contributed by atoms with Crippen molar-refractivity contribution in [1.29, 1.82) is 0 Å². The molecule has 0 bridgehead atoms. The molecule has 0 rings (SSSR count). The van der Waals surface area contributed by atoms with Crippen molar-refractivity contribution in [2.45, 2.75) is 13.8 Å². The Hall–Kier alpha value is -0.610. The van der Waals surface area contributed by atoms with Crippen molar-refractivity contribution < 1.29 is 14.7 Å². The van der Waals surface area contributed by atoms with Crippen LogP contribution in [0, 0.1) is 0 Å². The second kappa shape index (κ2) is 5.20. The van der Waals surface area contributed by atoms with Crippen LogP contribution in [0.2, 0.25) is 0 Å². The van der Waals surface area contributed by atoms with E-state index in [1.165, 1.54) is 0 Å². The Morgan fingerprint density at radius 1 is 1.60 bits per heavy atom. The van der Waals surface area contributed by atoms with Gasteiger partial charge in [0.2, 0.25) is 0 Å². The Kier molecular flexibility index (Phi) is 4.88. The molecule has 1 amide bonds. The standard InChI is InChI=1S/C6H13NO3/c1-3-7(9)6(8)5-10-4-2/h9H,3-5H2,1-2H3. The van der Waals surface area contributed by atoms with Crippen molar-refractivity contribution in [3.8, 4) is 0 Å². The summed E-state index contributed by atoms with van der Waals surface area (Å²) >= 11 is 0. The highest BCUT2D eigenvalue weighted by Gasteiger charge is 2.06. The van der Waals surface area contributed by atoms with Crippen molar-refractivity contribution in [2.75, 3.05) is 19.8 Å². The molecule has 0 saturated carbocycles. The molecule has 0 aliphatic heterocycles. The molecule has 0 aromatic heterocycles. The lowest BCUT2D eigenvalue weighted by molar-refractivity contribution is -0.169. The van der Waals surface area contributed by atoms with Crippen molar-refractivity contribution in [2.24, 2.45) is 0 Å². The van der Waals surface area contributed by atoms with Gasteiger partial charge in [-0.25, -0.2) is 5.06 Å². The highest BCUT2D eigenvalue weighted by atomic mass is 16.5. The summed E-state index contributed by atoms with van der Waals surface area (Å²) in [6, 6.07) is 0. The summed E-state index contributed by atoms with van der Waals surface area (Å²) in [5.74, 6) is -0.399. The van der Waals surface area contributed by atoms with Gasteiger partial charge in [-0.3, -0.25) is 10.0 Å². The first kappa shape index (κ1) is 9.39. The molecule has 60 valence electrons. The van der Waals surface area contributed by atoms with Gasteiger partial charge in [-0.1, -0.05) is 0 Å². The number of nitrogens with zero attached hydrogens (tertiary/aromatic N) is 1. The third kappa shape index (κ3) is 3.42. The number of carbonyl (C=O) groups excluding carboxylic acids is 1. The summed E-state index contributed by atoms with van der Waals surface area (Å²) < 4.78 is 4.77. The Bertz CT molecular complexity index is 105. The predicted molar refractivity (Wildman–Crippen MR) is 35.7 cm³/mol. The maximum Gasteiger partial charge on any atom is 0.271 e. The molecule has 0 fully saturated rings. The lowest BCUT2D eigenvalue weighted by Gasteiger charge is -2.10. The lowest BCUT2D eigenvalue weighted by atomic mass is 10.6. The van der Waals surface area contributed by atoms with E-state index in [-0.39, 0.29) is 6.61 Å². The second-order valence-corrected chi connectivity index (χ2v) is 1.75. The average molecular weight is 147 g/mol. The van der Waals surface area contributed by atoms with Crippen molar-refractivity contribution >= 4 is 5.91 Å². The Morgan fingerprint density at radius 3 is 2.60 bits per heavy atom. The summed E-state index contributed by atoms with van der Waals surface area (Å²) in [4.78, 5) is 10.7. The van der Waals surface area contributed by atoms with E-state index in [0.717, 1.165) is 0 Å². The second-order valence-electron chi connectivity index (χ2n) is 1.75. The molecule has 0 aromatic rings. The van der Waals surface area contributed by atoms with Crippen LogP contribution in [0.15, 0.2) is 0 Å². The van der Waals surface area contributed by atoms with Crippen LogP contribution >= 0.6 is 0 Å². The summed E-state index contributed by atoms with van der Waals surface area (Å²) in [5.41, 5.74) is 0. The molecule has 0 aromatic carbocycles. The zero-order valence-electron chi connectivity index (χ0n) is 6.33. The summed E-state index contributed by atoms with van der Waals surface area (Å²) in [6.07, 6.45) is 0. The fourth-order valence-electron chi connectivity index (χ4n) is 0.440. The van der Waals surface area contributed by atoms with E-state index >= 15 is 0 Å². The van der Waals surface area contributed by atoms with Gasteiger partial charge in [0.15, 0.2) is 0 Å². The monoisotopic (exact) mass is 147 g/mol. The van der Waals surface area contributed by atoms with Gasteiger partial charge in [-0.05, 0) is 13.8 Å². The summed E-state index contributed by atoms with van der Waals surface area (Å²) in [7, 11) is 0. The third-order valence-corrected chi connectivity index (χ3v) is 1.02. The number of hydroxylamine groups is 2. The number of rotatable bonds is 4. The minimum atomic E-state index is -0.399. The quantitative estimate of drug-likeness (QED) is 0.458. The molecule has 1 N–H and O–H groups in total. The number of ether oxygens (including phenoxy) is 1. The van der Waals surface area contributed by atoms with E-state index in [9.17, 15) is 4.79 Å². The Morgan fingerprint density at radius 2 is 2.20 bits per heavy atom. The number of likely N-dealkylation sites (N-methyl/N-ethyl adjacent to an activating group) is 1. The van der Waals surface area contributed by atoms with Crippen LogP contribution in [-0.2, 0) is 9.53 Å². The van der Waals surface area contributed by atoms with Crippen LogP contribution in [0.1, 0.15) is 13.8 Å². The molecule has 0 unspecified atom stereocenters. The molecular weight excluding hydrogens is 134 g/mol. The summed E-state index contributed by atoms with van der Waals surface area (Å²) in [5, 5.41) is 9.39. The van der Waals surface area contributed by atoms with Crippen molar-refractivity contribution in [1.82, 2.24) is 5.06 Å². The molecule has 0 atom stereocenters. The SMILES string of the molecule is CCOCC(=O)N(O)CC.